The van der Waals surface area contributed by atoms with Gasteiger partial charge >= 0.3 is 6.09 Å². The van der Waals surface area contributed by atoms with Gasteiger partial charge in [0.1, 0.15) is 5.82 Å². The minimum Gasteiger partial charge on any atom is -0.481 e. The van der Waals surface area contributed by atoms with Crippen molar-refractivity contribution in [3.63, 3.8) is 0 Å². The molecule has 3 aromatic rings. The SMILES string of the molecule is COC(=O)N(C(=O)[C@@H](N)[C@@H](c1ccc(Cl)cc1)c1ccc(OC)nc1)c1cccc(F)c1CC[C@H]1CNC[C@H](C)N1S(=O)(=O)C1CC1. The summed E-state index contributed by atoms with van der Waals surface area (Å²) in [5.41, 5.74) is 7.91. The quantitative estimate of drug-likeness (QED) is 0.303. The molecule has 252 valence electrons. The summed E-state index contributed by atoms with van der Waals surface area (Å²) in [6.45, 7) is 2.75. The van der Waals surface area contributed by atoms with Gasteiger partial charge in [-0.15, -0.1) is 0 Å². The summed E-state index contributed by atoms with van der Waals surface area (Å²) in [5.74, 6) is -1.93. The van der Waals surface area contributed by atoms with E-state index in [1.54, 1.807) is 40.7 Å². The number of benzene rings is 2. The molecule has 1 aromatic heterocycles. The summed E-state index contributed by atoms with van der Waals surface area (Å²) in [7, 11) is -0.919. The Labute approximate surface area is 279 Å². The lowest BCUT2D eigenvalue weighted by Crippen LogP contribution is -2.59. The van der Waals surface area contributed by atoms with Crippen LogP contribution in [0.2, 0.25) is 5.02 Å². The Bertz CT molecular complexity index is 1690. The molecule has 5 rings (SSSR count). The second-order valence-corrected chi connectivity index (χ2v) is 14.4. The summed E-state index contributed by atoms with van der Waals surface area (Å²) in [5, 5.41) is 3.36. The van der Waals surface area contributed by atoms with Crippen LogP contribution in [-0.2, 0) is 26.0 Å². The molecule has 2 aliphatic rings. The standard InChI is InChI=1S/C33H39ClFN5O6S/c1-20-17-37-19-24(40(20)47(43,44)25-13-14-25)12-15-26-27(35)5-4-6-28(26)39(33(42)46-3)32(41)31(36)30(21-7-10-23(34)11-8-21)22-9-16-29(45-2)38-18-22/h4-11,16,18,20,24-25,30-31,37H,12-15,17,19,36H2,1-3H3/t20-,24-,30-,31-/m0/s1. The number of nitrogens with two attached hydrogens (primary N) is 1. The number of aromatic nitrogens is 1. The fraction of sp³-hybridized carbons (Fsp3) is 0.424. The van der Waals surface area contributed by atoms with Gasteiger partial charge in [0.15, 0.2) is 0 Å². The first-order valence-corrected chi connectivity index (χ1v) is 17.3. The number of ether oxygens (including phenoxy) is 2. The van der Waals surface area contributed by atoms with Crippen molar-refractivity contribution in [3.8, 4) is 5.88 Å². The number of sulfonamides is 1. The molecular weight excluding hydrogens is 649 g/mol. The predicted octanol–water partition coefficient (Wildman–Crippen LogP) is 4.23. The van der Waals surface area contributed by atoms with Gasteiger partial charge in [0.05, 0.1) is 31.2 Å². The molecule has 14 heteroatoms. The van der Waals surface area contributed by atoms with Crippen molar-refractivity contribution in [1.82, 2.24) is 14.6 Å². The molecule has 1 aliphatic carbocycles. The summed E-state index contributed by atoms with van der Waals surface area (Å²) >= 11 is 6.14. The number of amides is 2. The van der Waals surface area contributed by atoms with Crippen LogP contribution in [0.15, 0.2) is 60.8 Å². The van der Waals surface area contributed by atoms with Crippen molar-refractivity contribution >= 4 is 39.3 Å². The van der Waals surface area contributed by atoms with Gasteiger partial charge in [-0.2, -0.15) is 4.31 Å². The molecule has 0 radical (unpaired) electrons. The van der Waals surface area contributed by atoms with Crippen molar-refractivity contribution in [2.75, 3.05) is 32.2 Å². The molecule has 1 saturated carbocycles. The van der Waals surface area contributed by atoms with E-state index >= 15 is 4.39 Å². The van der Waals surface area contributed by atoms with Gasteiger partial charge in [0.25, 0.3) is 5.91 Å². The van der Waals surface area contributed by atoms with Crippen molar-refractivity contribution in [2.45, 2.75) is 61.9 Å². The number of imide groups is 1. The number of nitrogens with zero attached hydrogens (tertiary/aromatic N) is 3. The van der Waals surface area contributed by atoms with Crippen LogP contribution in [0.5, 0.6) is 5.88 Å². The van der Waals surface area contributed by atoms with Crippen LogP contribution in [0.4, 0.5) is 14.9 Å². The van der Waals surface area contributed by atoms with E-state index in [1.807, 2.05) is 6.92 Å². The number of carbonyl (C=O) groups excluding carboxylic acids is 2. The van der Waals surface area contributed by atoms with E-state index < -0.39 is 51.1 Å². The maximum atomic E-state index is 15.6. The van der Waals surface area contributed by atoms with Crippen molar-refractivity contribution < 1.29 is 31.9 Å². The highest BCUT2D eigenvalue weighted by molar-refractivity contribution is 7.90. The van der Waals surface area contributed by atoms with E-state index in [9.17, 15) is 18.0 Å². The average Bonchev–Trinajstić information content (AvgIpc) is 3.92. The number of rotatable bonds is 11. The van der Waals surface area contributed by atoms with Gasteiger partial charge in [0.2, 0.25) is 15.9 Å². The molecule has 1 aliphatic heterocycles. The van der Waals surface area contributed by atoms with Crippen LogP contribution < -0.4 is 20.7 Å². The maximum Gasteiger partial charge on any atom is 0.420 e. The lowest BCUT2D eigenvalue weighted by molar-refractivity contribution is -0.119. The highest BCUT2D eigenvalue weighted by Gasteiger charge is 2.46. The Morgan fingerprint density at radius 1 is 1.11 bits per heavy atom. The fourth-order valence-corrected chi connectivity index (χ4v) is 8.58. The zero-order chi connectivity index (χ0) is 33.9. The number of halogens is 2. The van der Waals surface area contributed by atoms with Crippen LogP contribution in [0.25, 0.3) is 0 Å². The highest BCUT2D eigenvalue weighted by Crippen LogP contribution is 2.36. The molecule has 11 nitrogen and oxygen atoms in total. The monoisotopic (exact) mass is 687 g/mol. The number of pyridine rings is 1. The van der Waals surface area contributed by atoms with Gasteiger partial charge < -0.3 is 20.5 Å². The van der Waals surface area contributed by atoms with Gasteiger partial charge in [-0.25, -0.2) is 27.5 Å². The normalized spacial score (nSPS) is 19.9. The molecule has 2 amide bonds. The smallest absolute Gasteiger partial charge is 0.420 e. The zero-order valence-electron chi connectivity index (χ0n) is 26.4. The molecule has 2 heterocycles. The lowest BCUT2D eigenvalue weighted by Gasteiger charge is -2.40. The third-order valence-corrected chi connectivity index (χ3v) is 11.5. The molecular formula is C33H39ClFN5O6S. The number of carbonyl (C=O) groups is 2. The van der Waals surface area contributed by atoms with E-state index in [4.69, 9.17) is 26.8 Å². The van der Waals surface area contributed by atoms with Crippen molar-refractivity contribution in [1.29, 1.82) is 0 Å². The van der Waals surface area contributed by atoms with Crippen LogP contribution in [0.3, 0.4) is 0 Å². The largest absolute Gasteiger partial charge is 0.481 e. The van der Waals surface area contributed by atoms with Crippen molar-refractivity contribution in [3.05, 3.63) is 88.3 Å². The summed E-state index contributed by atoms with van der Waals surface area (Å²) < 4.78 is 54.1. The van der Waals surface area contributed by atoms with Gasteiger partial charge in [-0.05, 0) is 68.0 Å². The molecule has 4 atom stereocenters. The Hall–Kier alpha value is -3.62. The first-order valence-electron chi connectivity index (χ1n) is 15.4. The molecule has 47 heavy (non-hydrogen) atoms. The first kappa shape index (κ1) is 34.7. The van der Waals surface area contributed by atoms with Crippen LogP contribution >= 0.6 is 11.6 Å². The fourth-order valence-electron chi connectivity index (χ4n) is 6.20. The van der Waals surface area contributed by atoms with Crippen LogP contribution in [-0.4, -0.2) is 80.4 Å². The Kier molecular flexibility index (Phi) is 10.8. The second kappa shape index (κ2) is 14.7. The third kappa shape index (κ3) is 7.44. The zero-order valence-corrected chi connectivity index (χ0v) is 28.0. The summed E-state index contributed by atoms with van der Waals surface area (Å²) in [4.78, 5) is 32.7. The second-order valence-electron chi connectivity index (χ2n) is 11.8. The predicted molar refractivity (Wildman–Crippen MR) is 177 cm³/mol. The summed E-state index contributed by atoms with van der Waals surface area (Å²) in [6.07, 6.45) is 2.02. The number of methoxy groups -OCH3 is 2. The topological polar surface area (TPSA) is 144 Å². The first-order chi connectivity index (χ1) is 22.5. The maximum absolute atomic E-state index is 15.6. The minimum absolute atomic E-state index is 0.0339. The van der Waals surface area contributed by atoms with E-state index in [1.165, 1.54) is 31.5 Å². The molecule has 0 bridgehead atoms. The number of piperazine rings is 1. The van der Waals surface area contributed by atoms with Crippen LogP contribution in [0.1, 0.15) is 48.8 Å². The van der Waals surface area contributed by atoms with E-state index in [-0.39, 0.29) is 30.1 Å². The Balaban J connectivity index is 1.49. The van der Waals surface area contributed by atoms with Crippen molar-refractivity contribution in [2.24, 2.45) is 5.73 Å². The van der Waals surface area contributed by atoms with E-state index in [0.29, 0.717) is 48.0 Å². The summed E-state index contributed by atoms with van der Waals surface area (Å²) in [6, 6.07) is 12.1. The minimum atomic E-state index is -3.52. The van der Waals surface area contributed by atoms with Gasteiger partial charge in [-0.1, -0.05) is 35.9 Å². The van der Waals surface area contributed by atoms with Gasteiger partial charge in [-0.3, -0.25) is 4.79 Å². The van der Waals surface area contributed by atoms with E-state index in [2.05, 4.69) is 10.3 Å². The van der Waals surface area contributed by atoms with Crippen LogP contribution in [0, 0.1) is 5.82 Å². The molecule has 3 N–H and O–H groups in total. The lowest BCUT2D eigenvalue weighted by atomic mass is 9.85. The molecule has 2 aromatic carbocycles. The number of anilines is 1. The number of nitrogens with one attached hydrogen (secondary N) is 1. The third-order valence-electron chi connectivity index (χ3n) is 8.69. The molecule has 0 unspecified atom stereocenters. The highest BCUT2D eigenvalue weighted by atomic mass is 35.5. The van der Waals surface area contributed by atoms with Gasteiger partial charge in [0, 0.05) is 53.9 Å². The average molecular weight is 688 g/mol. The van der Waals surface area contributed by atoms with E-state index in [0.717, 1.165) is 12.0 Å². The number of hydrogen-bond donors (Lipinski definition) is 2. The number of hydrogen-bond acceptors (Lipinski definition) is 9. The molecule has 2 fully saturated rings. The molecule has 1 saturated heterocycles. The Morgan fingerprint density at radius 2 is 1.81 bits per heavy atom. The molecule has 0 spiro atoms. The Morgan fingerprint density at radius 3 is 2.43 bits per heavy atom.